The Bertz CT molecular complexity index is 755. The topological polar surface area (TPSA) is 114 Å². The average molecular weight is 346 g/mol. The normalized spacial score (nSPS) is 20.8. The Morgan fingerprint density at radius 2 is 2.00 bits per heavy atom. The van der Waals surface area contributed by atoms with Gasteiger partial charge in [0.15, 0.2) is 0 Å². The lowest BCUT2D eigenvalue weighted by Crippen LogP contribution is -2.49. The summed E-state index contributed by atoms with van der Waals surface area (Å²) in [5.41, 5.74) is 0.826. The van der Waals surface area contributed by atoms with Crippen LogP contribution in [0.25, 0.3) is 0 Å². The molecular formula is C16H18N4O5. The highest BCUT2D eigenvalue weighted by molar-refractivity contribution is 5.98. The van der Waals surface area contributed by atoms with E-state index in [4.69, 9.17) is 4.74 Å². The number of morpholine rings is 1. The highest BCUT2D eigenvalue weighted by Gasteiger charge is 2.36. The number of rotatable bonds is 3. The lowest BCUT2D eigenvalue weighted by atomic mass is 9.93. The van der Waals surface area contributed by atoms with Crippen molar-refractivity contribution in [1.29, 1.82) is 0 Å². The van der Waals surface area contributed by atoms with E-state index in [1.54, 1.807) is 30.0 Å². The van der Waals surface area contributed by atoms with E-state index in [0.29, 0.717) is 37.6 Å². The number of nitro benzene ring substituents is 1. The number of para-hydroxylation sites is 1. The number of nitrogens with one attached hydrogen (secondary N) is 2. The maximum atomic E-state index is 13.0. The van der Waals surface area contributed by atoms with Crippen LogP contribution < -0.4 is 10.6 Å². The first-order valence-corrected chi connectivity index (χ1v) is 7.87. The second-order valence-corrected chi connectivity index (χ2v) is 5.79. The fourth-order valence-corrected chi connectivity index (χ4v) is 3.05. The number of amides is 3. The fraction of sp³-hybridized carbons (Fsp3) is 0.375. The predicted molar refractivity (Wildman–Crippen MR) is 87.6 cm³/mol. The molecule has 1 saturated heterocycles. The summed E-state index contributed by atoms with van der Waals surface area (Å²) < 4.78 is 5.26. The molecule has 9 heteroatoms. The SMILES string of the molecule is CC1=C(C(=O)N2CCOCC2)C(c2ccccc2[N+](=O)[O-])NC(=O)N1. The lowest BCUT2D eigenvalue weighted by molar-refractivity contribution is -0.385. The van der Waals surface area contributed by atoms with Gasteiger partial charge in [-0.05, 0) is 13.0 Å². The van der Waals surface area contributed by atoms with E-state index >= 15 is 0 Å². The van der Waals surface area contributed by atoms with Crippen LogP contribution in [0, 0.1) is 10.1 Å². The van der Waals surface area contributed by atoms with Crippen molar-refractivity contribution in [1.82, 2.24) is 15.5 Å². The third-order valence-electron chi connectivity index (χ3n) is 4.24. The van der Waals surface area contributed by atoms with Gasteiger partial charge in [-0.15, -0.1) is 0 Å². The molecule has 1 unspecified atom stereocenters. The number of nitro groups is 1. The molecule has 0 aliphatic carbocycles. The molecular weight excluding hydrogens is 328 g/mol. The molecule has 2 aliphatic rings. The minimum atomic E-state index is -0.884. The maximum absolute atomic E-state index is 13.0. The summed E-state index contributed by atoms with van der Waals surface area (Å²) in [5.74, 6) is -0.267. The van der Waals surface area contributed by atoms with Crippen molar-refractivity contribution in [3.63, 3.8) is 0 Å². The number of ether oxygens (including phenoxy) is 1. The van der Waals surface area contributed by atoms with Gasteiger partial charge in [-0.25, -0.2) is 4.79 Å². The zero-order valence-electron chi connectivity index (χ0n) is 13.7. The molecule has 0 saturated carbocycles. The summed E-state index contributed by atoms with van der Waals surface area (Å²) in [6.07, 6.45) is 0. The third kappa shape index (κ3) is 3.31. The zero-order chi connectivity index (χ0) is 18.0. The van der Waals surface area contributed by atoms with Crippen LogP contribution in [0.2, 0.25) is 0 Å². The minimum absolute atomic E-state index is 0.144. The van der Waals surface area contributed by atoms with Crippen molar-refractivity contribution in [2.24, 2.45) is 0 Å². The van der Waals surface area contributed by atoms with Crippen LogP contribution in [0.3, 0.4) is 0 Å². The molecule has 9 nitrogen and oxygen atoms in total. The van der Waals surface area contributed by atoms with Gasteiger partial charge in [0.05, 0.1) is 35.3 Å². The molecule has 0 radical (unpaired) electrons. The Balaban J connectivity index is 2.04. The van der Waals surface area contributed by atoms with Crippen LogP contribution in [-0.2, 0) is 9.53 Å². The van der Waals surface area contributed by atoms with Gasteiger partial charge in [0.1, 0.15) is 0 Å². The number of carbonyl (C=O) groups is 2. The molecule has 3 amide bonds. The first-order valence-electron chi connectivity index (χ1n) is 7.87. The largest absolute Gasteiger partial charge is 0.378 e. The molecule has 1 atom stereocenters. The van der Waals surface area contributed by atoms with E-state index in [9.17, 15) is 19.7 Å². The number of carbonyl (C=O) groups excluding carboxylic acids is 2. The fourth-order valence-electron chi connectivity index (χ4n) is 3.05. The van der Waals surface area contributed by atoms with Crippen LogP contribution in [0.1, 0.15) is 18.5 Å². The van der Waals surface area contributed by atoms with E-state index in [-0.39, 0.29) is 17.2 Å². The van der Waals surface area contributed by atoms with Gasteiger partial charge in [-0.2, -0.15) is 0 Å². The number of hydrogen-bond donors (Lipinski definition) is 2. The molecule has 2 aliphatic heterocycles. The Kier molecular flexibility index (Phi) is 4.66. The summed E-state index contributed by atoms with van der Waals surface area (Å²) in [7, 11) is 0. The minimum Gasteiger partial charge on any atom is -0.378 e. The third-order valence-corrected chi connectivity index (χ3v) is 4.24. The van der Waals surface area contributed by atoms with Crippen molar-refractivity contribution in [3.8, 4) is 0 Å². The quantitative estimate of drug-likeness (QED) is 0.628. The number of benzene rings is 1. The molecule has 1 fully saturated rings. The number of allylic oxidation sites excluding steroid dienone is 1. The Morgan fingerprint density at radius 1 is 1.32 bits per heavy atom. The van der Waals surface area contributed by atoms with Crippen molar-refractivity contribution in [3.05, 3.63) is 51.2 Å². The Labute approximate surface area is 143 Å². The summed E-state index contributed by atoms with van der Waals surface area (Å²) in [6, 6.07) is 4.71. The van der Waals surface area contributed by atoms with Crippen molar-refractivity contribution in [2.45, 2.75) is 13.0 Å². The van der Waals surface area contributed by atoms with Gasteiger partial charge in [0.25, 0.3) is 11.6 Å². The first kappa shape index (κ1) is 16.9. The van der Waals surface area contributed by atoms with E-state index in [1.807, 2.05) is 0 Å². The molecule has 0 bridgehead atoms. The van der Waals surface area contributed by atoms with Crippen LogP contribution in [0.5, 0.6) is 0 Å². The molecule has 2 heterocycles. The van der Waals surface area contributed by atoms with Crippen LogP contribution >= 0.6 is 0 Å². The molecule has 0 spiro atoms. The average Bonchev–Trinajstić information content (AvgIpc) is 2.61. The Morgan fingerprint density at radius 3 is 2.68 bits per heavy atom. The maximum Gasteiger partial charge on any atom is 0.319 e. The molecule has 3 rings (SSSR count). The second kappa shape index (κ2) is 6.89. The molecule has 0 aromatic heterocycles. The zero-order valence-corrected chi connectivity index (χ0v) is 13.7. The van der Waals surface area contributed by atoms with Crippen molar-refractivity contribution < 1.29 is 19.2 Å². The number of hydrogen-bond acceptors (Lipinski definition) is 5. The second-order valence-electron chi connectivity index (χ2n) is 5.79. The summed E-state index contributed by atoms with van der Waals surface area (Å²) in [4.78, 5) is 37.4. The number of urea groups is 1. The van der Waals surface area contributed by atoms with Gasteiger partial charge >= 0.3 is 6.03 Å². The smallest absolute Gasteiger partial charge is 0.319 e. The van der Waals surface area contributed by atoms with Gasteiger partial charge < -0.3 is 20.3 Å². The van der Waals surface area contributed by atoms with Crippen LogP contribution in [0.15, 0.2) is 35.5 Å². The van der Waals surface area contributed by atoms with E-state index in [0.717, 1.165) is 0 Å². The molecule has 1 aromatic carbocycles. The molecule has 2 N–H and O–H groups in total. The van der Waals surface area contributed by atoms with E-state index in [1.165, 1.54) is 6.07 Å². The predicted octanol–water partition coefficient (Wildman–Crippen LogP) is 1.08. The standard InChI is InChI=1S/C16H18N4O5/c1-10-13(15(21)19-6-8-25-9-7-19)14(18-16(22)17-10)11-4-2-3-5-12(11)20(23)24/h2-5,14H,6-9H2,1H3,(H2,17,18,22). The molecule has 132 valence electrons. The number of nitrogens with zero attached hydrogens (tertiary/aromatic N) is 2. The van der Waals surface area contributed by atoms with Crippen molar-refractivity contribution >= 4 is 17.6 Å². The van der Waals surface area contributed by atoms with E-state index < -0.39 is 17.0 Å². The van der Waals surface area contributed by atoms with Gasteiger partial charge in [-0.3, -0.25) is 14.9 Å². The van der Waals surface area contributed by atoms with Crippen LogP contribution in [-0.4, -0.2) is 48.1 Å². The van der Waals surface area contributed by atoms with E-state index in [2.05, 4.69) is 10.6 Å². The highest BCUT2D eigenvalue weighted by Crippen LogP contribution is 2.33. The lowest BCUT2D eigenvalue weighted by Gasteiger charge is -2.33. The van der Waals surface area contributed by atoms with Crippen LogP contribution in [0.4, 0.5) is 10.5 Å². The molecule has 1 aromatic rings. The molecule has 25 heavy (non-hydrogen) atoms. The highest BCUT2D eigenvalue weighted by atomic mass is 16.6. The monoisotopic (exact) mass is 346 g/mol. The summed E-state index contributed by atoms with van der Waals surface area (Å²) in [5, 5.41) is 16.6. The first-order chi connectivity index (χ1) is 12.0. The van der Waals surface area contributed by atoms with Gasteiger partial charge in [-0.1, -0.05) is 12.1 Å². The van der Waals surface area contributed by atoms with Gasteiger partial charge in [0.2, 0.25) is 0 Å². The van der Waals surface area contributed by atoms with Crippen molar-refractivity contribution in [2.75, 3.05) is 26.3 Å². The summed E-state index contributed by atoms with van der Waals surface area (Å²) >= 11 is 0. The Hall–Kier alpha value is -2.94. The summed E-state index contributed by atoms with van der Waals surface area (Å²) in [6.45, 7) is 3.37. The van der Waals surface area contributed by atoms with Gasteiger partial charge in [0, 0.05) is 24.9 Å².